The highest BCUT2D eigenvalue weighted by Gasteiger charge is 2.14. The van der Waals surface area contributed by atoms with Crippen molar-refractivity contribution >= 4 is 11.9 Å². The van der Waals surface area contributed by atoms with Crippen molar-refractivity contribution in [3.05, 3.63) is 24.5 Å². The van der Waals surface area contributed by atoms with Crippen LogP contribution in [0.4, 0.5) is 0 Å². The molecule has 0 saturated carbocycles. The van der Waals surface area contributed by atoms with Crippen LogP contribution in [0.15, 0.2) is 24.5 Å². The molecule has 0 aliphatic rings. The van der Waals surface area contributed by atoms with Crippen LogP contribution >= 0.6 is 0 Å². The van der Waals surface area contributed by atoms with Crippen LogP contribution in [0.5, 0.6) is 0 Å². The second kappa shape index (κ2) is 7.79. The number of esters is 2. The molecule has 0 fully saturated rings. The summed E-state index contributed by atoms with van der Waals surface area (Å²) in [5.74, 6) is -1.35. The SMILES string of the molecule is C=CC(=O)OC(=CCC)C(=O)OCCC. The topological polar surface area (TPSA) is 52.6 Å². The molecule has 0 unspecified atom stereocenters. The van der Waals surface area contributed by atoms with Crippen molar-refractivity contribution in [1.29, 1.82) is 0 Å². The van der Waals surface area contributed by atoms with Crippen molar-refractivity contribution in [2.24, 2.45) is 0 Å². The molecule has 4 heteroatoms. The molecule has 0 aromatic rings. The molecule has 0 aromatic heterocycles. The summed E-state index contributed by atoms with van der Waals surface area (Å²) >= 11 is 0. The van der Waals surface area contributed by atoms with Crippen molar-refractivity contribution in [2.45, 2.75) is 26.7 Å². The third-order valence-corrected chi connectivity index (χ3v) is 1.41. The molecule has 0 bridgehead atoms. The molecule has 0 atom stereocenters. The van der Waals surface area contributed by atoms with E-state index in [1.54, 1.807) is 0 Å². The minimum atomic E-state index is -0.664. The van der Waals surface area contributed by atoms with Crippen LogP contribution in [0.2, 0.25) is 0 Å². The minimum absolute atomic E-state index is 0.0733. The number of allylic oxidation sites excluding steroid dienone is 1. The number of hydrogen-bond acceptors (Lipinski definition) is 4. The van der Waals surface area contributed by atoms with Crippen LogP contribution in [0.1, 0.15) is 26.7 Å². The van der Waals surface area contributed by atoms with Gasteiger partial charge in [0.25, 0.3) is 0 Å². The van der Waals surface area contributed by atoms with Gasteiger partial charge in [-0.05, 0) is 18.9 Å². The van der Waals surface area contributed by atoms with E-state index in [1.807, 2.05) is 13.8 Å². The van der Waals surface area contributed by atoms with E-state index < -0.39 is 11.9 Å². The molecule has 0 radical (unpaired) electrons. The first kappa shape index (κ1) is 13.4. The highest BCUT2D eigenvalue weighted by Crippen LogP contribution is 2.04. The maximum Gasteiger partial charge on any atom is 0.374 e. The van der Waals surface area contributed by atoms with Crippen LogP contribution in [-0.4, -0.2) is 18.5 Å². The summed E-state index contributed by atoms with van der Waals surface area (Å²) in [5.41, 5.74) is 0. The van der Waals surface area contributed by atoms with Crippen molar-refractivity contribution < 1.29 is 19.1 Å². The fraction of sp³-hybridized carbons (Fsp3) is 0.455. The Labute approximate surface area is 89.6 Å². The molecule has 0 amide bonds. The number of carbonyl (C=O) groups is 2. The van der Waals surface area contributed by atoms with Gasteiger partial charge in [-0.3, -0.25) is 0 Å². The van der Waals surface area contributed by atoms with Gasteiger partial charge in [0.05, 0.1) is 6.61 Å². The smallest absolute Gasteiger partial charge is 0.374 e. The van der Waals surface area contributed by atoms with Crippen LogP contribution in [0, 0.1) is 0 Å². The zero-order chi connectivity index (χ0) is 11.7. The first-order chi connectivity index (χ1) is 7.15. The summed E-state index contributed by atoms with van der Waals surface area (Å²) in [6.07, 6.45) is 3.80. The van der Waals surface area contributed by atoms with Gasteiger partial charge in [-0.2, -0.15) is 0 Å². The molecule has 0 aliphatic heterocycles. The number of hydrogen-bond donors (Lipinski definition) is 0. The zero-order valence-electron chi connectivity index (χ0n) is 9.12. The largest absolute Gasteiger partial charge is 0.460 e. The summed E-state index contributed by atoms with van der Waals surface area (Å²) < 4.78 is 9.56. The molecule has 4 nitrogen and oxygen atoms in total. The summed E-state index contributed by atoms with van der Waals surface area (Å²) in [7, 11) is 0. The predicted octanol–water partition coefficient (Wildman–Crippen LogP) is 1.96. The maximum atomic E-state index is 11.3. The fourth-order valence-electron chi connectivity index (χ4n) is 0.768. The lowest BCUT2D eigenvalue weighted by atomic mass is 10.3. The van der Waals surface area contributed by atoms with Crippen LogP contribution in [0.3, 0.4) is 0 Å². The molecular formula is C11H16O4. The lowest BCUT2D eigenvalue weighted by Gasteiger charge is -2.06. The van der Waals surface area contributed by atoms with E-state index in [0.29, 0.717) is 13.0 Å². The van der Waals surface area contributed by atoms with Gasteiger partial charge in [0.15, 0.2) is 0 Å². The lowest BCUT2D eigenvalue weighted by Crippen LogP contribution is -2.14. The molecule has 0 heterocycles. The zero-order valence-corrected chi connectivity index (χ0v) is 9.12. The van der Waals surface area contributed by atoms with Crippen molar-refractivity contribution in [3.8, 4) is 0 Å². The standard InChI is InChI=1S/C11H16O4/c1-4-7-9(15-10(12)6-3)11(13)14-8-5-2/h6-7H,3-5,8H2,1-2H3. The Bertz CT molecular complexity index is 266. The first-order valence-electron chi connectivity index (χ1n) is 4.87. The lowest BCUT2D eigenvalue weighted by molar-refractivity contribution is -0.149. The van der Waals surface area contributed by atoms with Gasteiger partial charge in [-0.1, -0.05) is 20.4 Å². The van der Waals surface area contributed by atoms with E-state index in [4.69, 9.17) is 9.47 Å². The normalized spacial score (nSPS) is 10.7. The molecule has 84 valence electrons. The van der Waals surface area contributed by atoms with E-state index >= 15 is 0 Å². The first-order valence-corrected chi connectivity index (χ1v) is 4.87. The summed E-state index contributed by atoms with van der Waals surface area (Å²) in [4.78, 5) is 22.2. The quantitative estimate of drug-likeness (QED) is 0.383. The van der Waals surface area contributed by atoms with E-state index in [1.165, 1.54) is 6.08 Å². The highest BCUT2D eigenvalue weighted by molar-refractivity contribution is 5.92. The Morgan fingerprint density at radius 3 is 2.47 bits per heavy atom. The summed E-state index contributed by atoms with van der Waals surface area (Å²) in [6, 6.07) is 0. The second-order valence-electron chi connectivity index (χ2n) is 2.74. The van der Waals surface area contributed by atoms with Crippen molar-refractivity contribution in [1.82, 2.24) is 0 Å². The maximum absolute atomic E-state index is 11.3. The molecule has 0 rings (SSSR count). The van der Waals surface area contributed by atoms with Crippen LogP contribution in [0.25, 0.3) is 0 Å². The molecule has 0 aliphatic carbocycles. The highest BCUT2D eigenvalue weighted by atomic mass is 16.6. The summed E-state index contributed by atoms with van der Waals surface area (Å²) in [5, 5.41) is 0. The van der Waals surface area contributed by atoms with Crippen molar-refractivity contribution in [3.63, 3.8) is 0 Å². The molecule has 0 N–H and O–H groups in total. The fourth-order valence-corrected chi connectivity index (χ4v) is 0.768. The van der Waals surface area contributed by atoms with E-state index in [-0.39, 0.29) is 5.76 Å². The number of carbonyl (C=O) groups excluding carboxylic acids is 2. The van der Waals surface area contributed by atoms with Gasteiger partial charge >= 0.3 is 11.9 Å². The van der Waals surface area contributed by atoms with Gasteiger partial charge in [-0.25, -0.2) is 9.59 Å². The number of rotatable bonds is 6. The Morgan fingerprint density at radius 1 is 1.33 bits per heavy atom. The Kier molecular flexibility index (Phi) is 6.97. The van der Waals surface area contributed by atoms with Gasteiger partial charge in [0.1, 0.15) is 0 Å². The van der Waals surface area contributed by atoms with Gasteiger partial charge < -0.3 is 9.47 Å². The average Bonchev–Trinajstić information content (AvgIpc) is 2.24. The van der Waals surface area contributed by atoms with E-state index in [9.17, 15) is 9.59 Å². The van der Waals surface area contributed by atoms with Crippen LogP contribution < -0.4 is 0 Å². The molecule has 0 spiro atoms. The van der Waals surface area contributed by atoms with Gasteiger partial charge in [-0.15, -0.1) is 0 Å². The average molecular weight is 212 g/mol. The van der Waals surface area contributed by atoms with Gasteiger partial charge in [0.2, 0.25) is 5.76 Å². The van der Waals surface area contributed by atoms with E-state index in [0.717, 1.165) is 12.5 Å². The third kappa shape index (κ3) is 5.67. The molecular weight excluding hydrogens is 196 g/mol. The monoisotopic (exact) mass is 212 g/mol. The van der Waals surface area contributed by atoms with E-state index in [2.05, 4.69) is 6.58 Å². The third-order valence-electron chi connectivity index (χ3n) is 1.41. The van der Waals surface area contributed by atoms with Gasteiger partial charge in [0, 0.05) is 6.08 Å². The van der Waals surface area contributed by atoms with Crippen molar-refractivity contribution in [2.75, 3.05) is 6.61 Å². The Balaban J connectivity index is 4.39. The Hall–Kier alpha value is -1.58. The number of ether oxygens (including phenoxy) is 2. The Morgan fingerprint density at radius 2 is 2.00 bits per heavy atom. The molecule has 15 heavy (non-hydrogen) atoms. The molecule has 0 saturated heterocycles. The molecule has 0 aromatic carbocycles. The predicted molar refractivity (Wildman–Crippen MR) is 55.9 cm³/mol. The summed E-state index contributed by atoms with van der Waals surface area (Å²) in [6.45, 7) is 7.26. The minimum Gasteiger partial charge on any atom is -0.460 e. The van der Waals surface area contributed by atoms with Crippen LogP contribution in [-0.2, 0) is 19.1 Å². The second-order valence-corrected chi connectivity index (χ2v) is 2.74.